The fraction of sp³-hybridized carbons (Fsp3) is 0.529. The van der Waals surface area contributed by atoms with E-state index >= 15 is 0 Å². The Kier molecular flexibility index (Phi) is 4.35. The second-order valence-electron chi connectivity index (χ2n) is 6.18. The van der Waals surface area contributed by atoms with Crippen molar-refractivity contribution < 1.29 is 9.59 Å². The van der Waals surface area contributed by atoms with Gasteiger partial charge in [0.2, 0.25) is 5.91 Å². The number of hydrogen-bond acceptors (Lipinski definition) is 2. The molecule has 0 spiro atoms. The summed E-state index contributed by atoms with van der Waals surface area (Å²) in [4.78, 5) is 27.2. The molecular formula is C17H24N2O2. The lowest BCUT2D eigenvalue weighted by atomic mass is 9.84. The molecule has 4 nitrogen and oxygen atoms in total. The maximum atomic E-state index is 12.7. The molecule has 0 aliphatic carbocycles. The van der Waals surface area contributed by atoms with E-state index in [2.05, 4.69) is 19.2 Å². The van der Waals surface area contributed by atoms with E-state index in [-0.39, 0.29) is 11.8 Å². The van der Waals surface area contributed by atoms with Gasteiger partial charge in [-0.15, -0.1) is 0 Å². The van der Waals surface area contributed by atoms with Crippen molar-refractivity contribution in [1.29, 1.82) is 0 Å². The van der Waals surface area contributed by atoms with E-state index in [0.717, 1.165) is 5.56 Å². The first-order valence-electron chi connectivity index (χ1n) is 7.59. The second-order valence-corrected chi connectivity index (χ2v) is 6.18. The topological polar surface area (TPSA) is 49.4 Å². The third-order valence-electron chi connectivity index (χ3n) is 4.21. The van der Waals surface area contributed by atoms with Crippen LogP contribution >= 0.6 is 0 Å². The number of rotatable bonds is 4. The lowest BCUT2D eigenvalue weighted by Crippen LogP contribution is -2.67. The van der Waals surface area contributed by atoms with E-state index in [1.165, 1.54) is 0 Å². The largest absolute Gasteiger partial charge is 0.342 e. The van der Waals surface area contributed by atoms with Gasteiger partial charge in [-0.3, -0.25) is 9.59 Å². The van der Waals surface area contributed by atoms with E-state index in [9.17, 15) is 9.59 Å². The SMILES string of the molecule is CCN1C(=O)C(CC(C)C)NC(=O)C1(C)c1ccccc1. The van der Waals surface area contributed by atoms with Gasteiger partial charge >= 0.3 is 0 Å². The molecular weight excluding hydrogens is 264 g/mol. The van der Waals surface area contributed by atoms with Gasteiger partial charge in [-0.2, -0.15) is 0 Å². The summed E-state index contributed by atoms with van der Waals surface area (Å²) in [7, 11) is 0. The molecule has 1 aromatic rings. The first-order chi connectivity index (χ1) is 9.91. The zero-order chi connectivity index (χ0) is 15.6. The summed E-state index contributed by atoms with van der Waals surface area (Å²) in [5.74, 6) is 0.275. The average molecular weight is 288 g/mol. The Hall–Kier alpha value is -1.84. The molecule has 1 aromatic carbocycles. The Morgan fingerprint density at radius 2 is 1.86 bits per heavy atom. The van der Waals surface area contributed by atoms with Crippen LogP contribution in [0, 0.1) is 5.92 Å². The summed E-state index contributed by atoms with van der Waals surface area (Å²) in [6, 6.07) is 9.09. The molecule has 114 valence electrons. The van der Waals surface area contributed by atoms with Gasteiger partial charge in [0, 0.05) is 6.54 Å². The molecule has 21 heavy (non-hydrogen) atoms. The van der Waals surface area contributed by atoms with Gasteiger partial charge in [-0.05, 0) is 31.7 Å². The van der Waals surface area contributed by atoms with E-state index in [1.807, 2.05) is 44.2 Å². The Balaban J connectivity index is 2.40. The summed E-state index contributed by atoms with van der Waals surface area (Å²) in [5.41, 5.74) is -0.0821. The Bertz CT molecular complexity index is 527. The molecule has 2 amide bonds. The van der Waals surface area contributed by atoms with Crippen molar-refractivity contribution in [3.05, 3.63) is 35.9 Å². The summed E-state index contributed by atoms with van der Waals surface area (Å²) in [5, 5.41) is 2.92. The van der Waals surface area contributed by atoms with Gasteiger partial charge in [0.15, 0.2) is 0 Å². The first-order valence-corrected chi connectivity index (χ1v) is 7.59. The number of nitrogens with zero attached hydrogens (tertiary/aromatic N) is 1. The molecule has 0 aromatic heterocycles. The lowest BCUT2D eigenvalue weighted by Gasteiger charge is -2.46. The normalized spacial score (nSPS) is 26.1. The van der Waals surface area contributed by atoms with Gasteiger partial charge in [0.05, 0.1) is 0 Å². The van der Waals surface area contributed by atoms with Crippen molar-refractivity contribution in [3.63, 3.8) is 0 Å². The number of nitrogens with one attached hydrogen (secondary N) is 1. The molecule has 1 aliphatic rings. The van der Waals surface area contributed by atoms with E-state index in [0.29, 0.717) is 18.9 Å². The quantitative estimate of drug-likeness (QED) is 0.924. The Morgan fingerprint density at radius 1 is 1.24 bits per heavy atom. The Labute approximate surface area is 126 Å². The lowest BCUT2D eigenvalue weighted by molar-refractivity contribution is -0.157. The van der Waals surface area contributed by atoms with Crippen LogP contribution in [0.2, 0.25) is 0 Å². The standard InChI is InChI=1S/C17H24N2O2/c1-5-19-15(20)14(11-12(2)3)18-16(21)17(19,4)13-9-7-6-8-10-13/h6-10,12,14H,5,11H2,1-4H3,(H,18,21). The zero-order valence-corrected chi connectivity index (χ0v) is 13.2. The van der Waals surface area contributed by atoms with Crippen LogP contribution in [-0.4, -0.2) is 29.3 Å². The molecule has 1 heterocycles. The van der Waals surface area contributed by atoms with Crippen LogP contribution in [0.15, 0.2) is 30.3 Å². The van der Waals surface area contributed by atoms with Crippen LogP contribution in [0.5, 0.6) is 0 Å². The average Bonchev–Trinajstić information content (AvgIpc) is 2.46. The molecule has 2 rings (SSSR count). The van der Waals surface area contributed by atoms with E-state index < -0.39 is 11.6 Å². The van der Waals surface area contributed by atoms with E-state index in [1.54, 1.807) is 4.90 Å². The summed E-state index contributed by atoms with van der Waals surface area (Å²) in [6.45, 7) is 8.38. The van der Waals surface area contributed by atoms with Gasteiger partial charge in [-0.1, -0.05) is 44.2 Å². The van der Waals surface area contributed by atoms with Gasteiger partial charge in [0.25, 0.3) is 5.91 Å². The van der Waals surface area contributed by atoms with Crippen molar-refractivity contribution in [3.8, 4) is 0 Å². The first kappa shape index (κ1) is 15.5. The second kappa shape index (κ2) is 5.88. The predicted molar refractivity (Wildman–Crippen MR) is 82.6 cm³/mol. The van der Waals surface area contributed by atoms with Crippen molar-refractivity contribution in [2.75, 3.05) is 6.54 Å². The molecule has 0 saturated carbocycles. The maximum Gasteiger partial charge on any atom is 0.251 e. The number of amides is 2. The van der Waals surface area contributed by atoms with Gasteiger partial charge < -0.3 is 10.2 Å². The number of piperazine rings is 1. The van der Waals surface area contributed by atoms with Crippen LogP contribution in [0.4, 0.5) is 0 Å². The Morgan fingerprint density at radius 3 is 2.38 bits per heavy atom. The number of likely N-dealkylation sites (N-methyl/N-ethyl adjacent to an activating group) is 1. The van der Waals surface area contributed by atoms with Crippen molar-refractivity contribution in [1.82, 2.24) is 10.2 Å². The summed E-state index contributed by atoms with van der Waals surface area (Å²) in [6.07, 6.45) is 0.673. The van der Waals surface area contributed by atoms with Crippen LogP contribution in [-0.2, 0) is 15.1 Å². The van der Waals surface area contributed by atoms with Crippen LogP contribution in [0.1, 0.15) is 39.7 Å². The number of carbonyl (C=O) groups is 2. The van der Waals surface area contributed by atoms with Gasteiger partial charge in [-0.25, -0.2) is 0 Å². The highest BCUT2D eigenvalue weighted by Crippen LogP contribution is 2.33. The van der Waals surface area contributed by atoms with Crippen LogP contribution < -0.4 is 5.32 Å². The molecule has 2 atom stereocenters. The molecule has 2 unspecified atom stereocenters. The number of benzene rings is 1. The molecule has 0 bridgehead atoms. The monoisotopic (exact) mass is 288 g/mol. The summed E-state index contributed by atoms with van der Waals surface area (Å²) < 4.78 is 0. The molecule has 1 N–H and O–H groups in total. The molecule has 4 heteroatoms. The fourth-order valence-corrected chi connectivity index (χ4v) is 3.04. The van der Waals surface area contributed by atoms with Crippen LogP contribution in [0.25, 0.3) is 0 Å². The van der Waals surface area contributed by atoms with Crippen molar-refractivity contribution >= 4 is 11.8 Å². The third kappa shape index (κ3) is 2.67. The molecule has 1 saturated heterocycles. The molecule has 0 radical (unpaired) electrons. The highest BCUT2D eigenvalue weighted by atomic mass is 16.2. The minimum absolute atomic E-state index is 0.0113. The zero-order valence-electron chi connectivity index (χ0n) is 13.2. The summed E-state index contributed by atoms with van der Waals surface area (Å²) >= 11 is 0. The highest BCUT2D eigenvalue weighted by Gasteiger charge is 2.49. The number of carbonyl (C=O) groups excluding carboxylic acids is 2. The maximum absolute atomic E-state index is 12.7. The minimum atomic E-state index is -0.930. The smallest absolute Gasteiger partial charge is 0.251 e. The van der Waals surface area contributed by atoms with Crippen molar-refractivity contribution in [2.24, 2.45) is 5.92 Å². The van der Waals surface area contributed by atoms with Crippen LogP contribution in [0.3, 0.4) is 0 Å². The number of hydrogen-bond donors (Lipinski definition) is 1. The predicted octanol–water partition coefficient (Wildman–Crippen LogP) is 2.29. The van der Waals surface area contributed by atoms with Gasteiger partial charge in [0.1, 0.15) is 11.6 Å². The molecule has 1 fully saturated rings. The molecule has 1 aliphatic heterocycles. The fourth-order valence-electron chi connectivity index (χ4n) is 3.04. The minimum Gasteiger partial charge on any atom is -0.342 e. The van der Waals surface area contributed by atoms with Crippen molar-refractivity contribution in [2.45, 2.75) is 45.7 Å². The van der Waals surface area contributed by atoms with E-state index in [4.69, 9.17) is 0 Å². The third-order valence-corrected chi connectivity index (χ3v) is 4.21. The highest BCUT2D eigenvalue weighted by molar-refractivity contribution is 6.00.